The molecule has 76 valence electrons. The molecule has 0 fully saturated rings. The van der Waals surface area contributed by atoms with Crippen LogP contribution < -0.4 is 5.73 Å². The molecule has 0 bridgehead atoms. The summed E-state index contributed by atoms with van der Waals surface area (Å²) in [6.45, 7) is 5.04. The minimum Gasteiger partial charge on any atom is -0.330 e. The molecule has 1 heteroatoms. The lowest BCUT2D eigenvalue weighted by molar-refractivity contribution is 0.857. The van der Waals surface area contributed by atoms with Crippen LogP contribution in [0.4, 0.5) is 0 Å². The Labute approximate surface area is 86.6 Å². The van der Waals surface area contributed by atoms with E-state index in [1.807, 2.05) is 0 Å². The third-order valence-electron chi connectivity index (χ3n) is 2.30. The molecule has 0 atom stereocenters. The van der Waals surface area contributed by atoms with Crippen molar-refractivity contribution in [2.75, 3.05) is 6.54 Å². The third kappa shape index (κ3) is 3.35. The van der Waals surface area contributed by atoms with Gasteiger partial charge in [0.25, 0.3) is 0 Å². The van der Waals surface area contributed by atoms with E-state index < -0.39 is 0 Å². The van der Waals surface area contributed by atoms with Crippen molar-refractivity contribution in [3.05, 3.63) is 41.0 Å². The van der Waals surface area contributed by atoms with E-state index in [4.69, 9.17) is 5.73 Å². The Morgan fingerprint density at radius 3 is 2.71 bits per heavy atom. The average molecular weight is 189 g/mol. The highest BCUT2D eigenvalue weighted by Gasteiger charge is 1.93. The summed E-state index contributed by atoms with van der Waals surface area (Å²) in [6, 6.07) is 6.53. The van der Waals surface area contributed by atoms with E-state index in [0.717, 1.165) is 19.4 Å². The Morgan fingerprint density at radius 1 is 1.29 bits per heavy atom. The summed E-state index contributed by atoms with van der Waals surface area (Å²) in [5, 5.41) is 0. The molecule has 0 aliphatic carbocycles. The van der Waals surface area contributed by atoms with Crippen molar-refractivity contribution >= 4 is 6.08 Å². The van der Waals surface area contributed by atoms with Crippen molar-refractivity contribution in [1.82, 2.24) is 0 Å². The summed E-state index contributed by atoms with van der Waals surface area (Å²) in [5.74, 6) is 0. The number of allylic oxidation sites excluding steroid dienone is 1. The monoisotopic (exact) mass is 189 g/mol. The van der Waals surface area contributed by atoms with Crippen LogP contribution in [0.15, 0.2) is 24.3 Å². The molecule has 1 nitrogen and oxygen atoms in total. The third-order valence-corrected chi connectivity index (χ3v) is 2.30. The van der Waals surface area contributed by atoms with Crippen molar-refractivity contribution < 1.29 is 0 Å². The summed E-state index contributed by atoms with van der Waals surface area (Å²) < 4.78 is 0. The highest BCUT2D eigenvalue weighted by atomic mass is 14.5. The second-order valence-corrected chi connectivity index (χ2v) is 3.69. The van der Waals surface area contributed by atoms with Gasteiger partial charge in [-0.25, -0.2) is 0 Å². The second kappa shape index (κ2) is 5.61. The van der Waals surface area contributed by atoms with Crippen LogP contribution in [-0.2, 0) is 0 Å². The molecule has 2 N–H and O–H groups in total. The predicted octanol–water partition coefficient (Wildman–Crippen LogP) is 3.06. The van der Waals surface area contributed by atoms with Crippen LogP contribution in [0.25, 0.3) is 6.08 Å². The van der Waals surface area contributed by atoms with Crippen LogP contribution in [-0.4, -0.2) is 6.54 Å². The van der Waals surface area contributed by atoms with E-state index in [2.05, 4.69) is 44.2 Å². The van der Waals surface area contributed by atoms with Gasteiger partial charge in [-0.3, -0.25) is 0 Å². The van der Waals surface area contributed by atoms with Crippen molar-refractivity contribution in [2.24, 2.45) is 5.73 Å². The van der Waals surface area contributed by atoms with Gasteiger partial charge < -0.3 is 5.73 Å². The van der Waals surface area contributed by atoms with Crippen LogP contribution in [0.5, 0.6) is 0 Å². The first-order valence-electron chi connectivity index (χ1n) is 5.18. The van der Waals surface area contributed by atoms with Crippen molar-refractivity contribution in [3.8, 4) is 0 Å². The molecule has 0 aromatic heterocycles. The Hall–Kier alpha value is -1.08. The highest BCUT2D eigenvalue weighted by Crippen LogP contribution is 2.12. The van der Waals surface area contributed by atoms with Gasteiger partial charge in [0.1, 0.15) is 0 Å². The van der Waals surface area contributed by atoms with E-state index in [-0.39, 0.29) is 0 Å². The molecule has 1 aromatic carbocycles. The van der Waals surface area contributed by atoms with Crippen molar-refractivity contribution in [2.45, 2.75) is 26.7 Å². The van der Waals surface area contributed by atoms with Gasteiger partial charge in [0.15, 0.2) is 0 Å². The summed E-state index contributed by atoms with van der Waals surface area (Å²) in [6.07, 6.45) is 6.53. The maximum absolute atomic E-state index is 5.42. The standard InChI is InChI=1S/C13H19N/c1-11-7-8-13(12(2)10-11)6-4-3-5-9-14/h4,6-8,10H,3,5,9,14H2,1-2H3/b6-4+. The van der Waals surface area contributed by atoms with Crippen LogP contribution in [0.3, 0.4) is 0 Å². The fourth-order valence-corrected chi connectivity index (χ4v) is 1.46. The molecule has 1 aromatic rings. The largest absolute Gasteiger partial charge is 0.330 e. The van der Waals surface area contributed by atoms with Gasteiger partial charge in [0, 0.05) is 0 Å². The van der Waals surface area contributed by atoms with Gasteiger partial charge in [0.05, 0.1) is 0 Å². The number of aryl methyl sites for hydroxylation is 2. The number of nitrogens with two attached hydrogens (primary N) is 1. The van der Waals surface area contributed by atoms with E-state index in [1.54, 1.807) is 0 Å². The van der Waals surface area contributed by atoms with Gasteiger partial charge in [-0.2, -0.15) is 0 Å². The van der Waals surface area contributed by atoms with Gasteiger partial charge in [-0.05, 0) is 44.4 Å². The first kappa shape index (κ1) is 11.0. The zero-order valence-electron chi connectivity index (χ0n) is 9.09. The van der Waals surface area contributed by atoms with Gasteiger partial charge in [-0.15, -0.1) is 0 Å². The van der Waals surface area contributed by atoms with E-state index in [9.17, 15) is 0 Å². The summed E-state index contributed by atoms with van der Waals surface area (Å²) in [4.78, 5) is 0. The molecule has 0 amide bonds. The first-order chi connectivity index (χ1) is 6.74. The molecule has 0 aliphatic heterocycles. The lowest BCUT2D eigenvalue weighted by Gasteiger charge is -2.01. The summed E-state index contributed by atoms with van der Waals surface area (Å²) in [7, 11) is 0. The molecule has 0 heterocycles. The predicted molar refractivity (Wildman–Crippen MR) is 63.2 cm³/mol. The fourth-order valence-electron chi connectivity index (χ4n) is 1.46. The van der Waals surface area contributed by atoms with Gasteiger partial charge in [-0.1, -0.05) is 35.9 Å². The van der Waals surface area contributed by atoms with Crippen LogP contribution >= 0.6 is 0 Å². The lowest BCUT2D eigenvalue weighted by Crippen LogP contribution is -1.96. The molecule has 0 saturated heterocycles. The molecule has 0 spiro atoms. The second-order valence-electron chi connectivity index (χ2n) is 3.69. The summed E-state index contributed by atoms with van der Waals surface area (Å²) in [5.41, 5.74) is 9.40. The molecule has 1 rings (SSSR count). The van der Waals surface area contributed by atoms with Crippen molar-refractivity contribution in [1.29, 1.82) is 0 Å². The topological polar surface area (TPSA) is 26.0 Å². The number of hydrogen-bond acceptors (Lipinski definition) is 1. The molecule has 0 radical (unpaired) electrons. The van der Waals surface area contributed by atoms with Gasteiger partial charge in [0.2, 0.25) is 0 Å². The van der Waals surface area contributed by atoms with Crippen LogP contribution in [0.2, 0.25) is 0 Å². The van der Waals surface area contributed by atoms with E-state index in [0.29, 0.717) is 0 Å². The molecule has 0 saturated carbocycles. The average Bonchev–Trinajstić information content (AvgIpc) is 2.15. The van der Waals surface area contributed by atoms with Crippen LogP contribution in [0, 0.1) is 13.8 Å². The fraction of sp³-hybridized carbons (Fsp3) is 0.385. The minimum atomic E-state index is 0.775. The first-order valence-corrected chi connectivity index (χ1v) is 5.18. The smallest absolute Gasteiger partial charge is 0.00743 e. The van der Waals surface area contributed by atoms with Crippen LogP contribution in [0.1, 0.15) is 29.5 Å². The maximum Gasteiger partial charge on any atom is -0.00743 e. The zero-order chi connectivity index (χ0) is 10.4. The van der Waals surface area contributed by atoms with Crippen molar-refractivity contribution in [3.63, 3.8) is 0 Å². The minimum absolute atomic E-state index is 0.775. The molecular weight excluding hydrogens is 170 g/mol. The number of hydrogen-bond donors (Lipinski definition) is 1. The number of benzene rings is 1. The Balaban J connectivity index is 2.62. The molecule has 14 heavy (non-hydrogen) atoms. The highest BCUT2D eigenvalue weighted by molar-refractivity contribution is 5.54. The lowest BCUT2D eigenvalue weighted by atomic mass is 10.1. The SMILES string of the molecule is Cc1ccc(/C=C/CCCN)c(C)c1. The normalized spacial score (nSPS) is 11.1. The van der Waals surface area contributed by atoms with E-state index >= 15 is 0 Å². The Morgan fingerprint density at radius 2 is 2.07 bits per heavy atom. The molecule has 0 aliphatic rings. The zero-order valence-corrected chi connectivity index (χ0v) is 9.09. The van der Waals surface area contributed by atoms with Gasteiger partial charge >= 0.3 is 0 Å². The molecule has 0 unspecified atom stereocenters. The summed E-state index contributed by atoms with van der Waals surface area (Å²) >= 11 is 0. The quantitative estimate of drug-likeness (QED) is 0.724. The Kier molecular flexibility index (Phi) is 4.41. The number of rotatable bonds is 4. The maximum atomic E-state index is 5.42. The Bertz CT molecular complexity index is 313. The number of unbranched alkanes of at least 4 members (excludes halogenated alkanes) is 1. The van der Waals surface area contributed by atoms with E-state index in [1.165, 1.54) is 16.7 Å². The molecular formula is C13H19N.